The lowest BCUT2D eigenvalue weighted by Crippen LogP contribution is -2.34. The second kappa shape index (κ2) is 20.9. The van der Waals surface area contributed by atoms with Gasteiger partial charge in [0, 0.05) is 23.9 Å². The molecule has 8 rings (SSSR count). The van der Waals surface area contributed by atoms with Gasteiger partial charge in [-0.3, -0.25) is 0 Å². The molecule has 0 fully saturated rings. The molecule has 0 radical (unpaired) electrons. The van der Waals surface area contributed by atoms with Gasteiger partial charge in [-0.1, -0.05) is 163 Å². The van der Waals surface area contributed by atoms with E-state index in [2.05, 4.69) is 124 Å². The summed E-state index contributed by atoms with van der Waals surface area (Å²) in [6.45, 7) is 18.8. The van der Waals surface area contributed by atoms with E-state index in [-0.39, 0.29) is 21.7 Å². The van der Waals surface area contributed by atoms with Crippen molar-refractivity contribution in [2.24, 2.45) is 0 Å². The van der Waals surface area contributed by atoms with Crippen molar-refractivity contribution in [3.63, 3.8) is 0 Å². The SMILES string of the molecule is CC1(C)CCC(C)(C)c2cc(CCSc3ncccn3)c(/C=C/c3ccc(C(=O)O)cc3)cc21.CC1(C)CCC(C)(C)c2cc(CCSc3nncs3)c(/C=C/c3ccc(C(=O)O)cc3)cc21. The number of thioether (sulfide) groups is 2. The predicted molar refractivity (Wildman–Crippen MR) is 279 cm³/mol. The molecule has 2 aromatic heterocycles. The van der Waals surface area contributed by atoms with Gasteiger partial charge < -0.3 is 10.2 Å². The number of aromatic nitrogens is 4. The number of carboxylic acid groups (broad SMARTS) is 2. The topological polar surface area (TPSA) is 126 Å². The fourth-order valence-corrected chi connectivity index (χ4v) is 11.3. The molecule has 4 aromatic carbocycles. The van der Waals surface area contributed by atoms with Crippen LogP contribution in [0.2, 0.25) is 0 Å². The molecular weight excluding hydrogens is 889 g/mol. The summed E-state index contributed by atoms with van der Waals surface area (Å²) in [5, 5.41) is 27.2. The molecule has 0 spiro atoms. The monoisotopic (exact) mass is 950 g/mol. The second-order valence-electron chi connectivity index (χ2n) is 20.2. The summed E-state index contributed by atoms with van der Waals surface area (Å²) < 4.78 is 1.00. The van der Waals surface area contributed by atoms with Crippen molar-refractivity contribution in [1.82, 2.24) is 20.2 Å². The minimum Gasteiger partial charge on any atom is -0.478 e. The summed E-state index contributed by atoms with van der Waals surface area (Å²) in [6, 6.07) is 25.5. The number of carbonyl (C=O) groups is 2. The van der Waals surface area contributed by atoms with Gasteiger partial charge in [-0.15, -0.1) is 10.2 Å². The van der Waals surface area contributed by atoms with E-state index in [1.807, 2.05) is 30.3 Å². The molecule has 67 heavy (non-hydrogen) atoms. The molecule has 6 aromatic rings. The third-order valence-corrected chi connectivity index (χ3v) is 16.3. The normalized spacial score (nSPS) is 16.5. The van der Waals surface area contributed by atoms with Crippen LogP contribution >= 0.6 is 34.9 Å². The van der Waals surface area contributed by atoms with Gasteiger partial charge in [0.2, 0.25) is 0 Å². The lowest BCUT2D eigenvalue weighted by molar-refractivity contribution is 0.0686. The first-order chi connectivity index (χ1) is 31.8. The van der Waals surface area contributed by atoms with Gasteiger partial charge in [0.15, 0.2) is 9.50 Å². The number of aromatic carboxylic acids is 2. The standard InChI is InChI=1S/C29H32N2O2S.C27H30N2O2S2/c1-28(2)13-14-29(3,4)25-19-23(12-17-34-27-30-15-5-16-31-27)22(18-24(25)28)11-8-20-6-9-21(10-7-20)26(32)33;1-26(2)12-13-27(3,4)23-16-21(11-14-32-25-29-28-17-33-25)20(15-22(23)26)10-7-18-5-8-19(9-6-18)24(30)31/h5-11,15-16,18-19H,12-14,17H2,1-4H3,(H,32,33);5-10,15-17H,11-14H2,1-4H3,(H,30,31)/b11-8+;10-7+. The number of fused-ring (bicyclic) bond motifs is 2. The Morgan fingerprint density at radius 3 is 1.37 bits per heavy atom. The molecule has 0 atom stereocenters. The highest BCUT2D eigenvalue weighted by molar-refractivity contribution is 8.01. The molecule has 0 unspecified atom stereocenters. The third-order valence-electron chi connectivity index (χ3n) is 13.5. The van der Waals surface area contributed by atoms with Crippen LogP contribution in [0.4, 0.5) is 0 Å². The van der Waals surface area contributed by atoms with Gasteiger partial charge in [-0.25, -0.2) is 19.6 Å². The van der Waals surface area contributed by atoms with Crippen molar-refractivity contribution in [1.29, 1.82) is 0 Å². The zero-order chi connectivity index (χ0) is 48.0. The maximum Gasteiger partial charge on any atom is 0.335 e. The van der Waals surface area contributed by atoms with Gasteiger partial charge in [0.25, 0.3) is 0 Å². The predicted octanol–water partition coefficient (Wildman–Crippen LogP) is 14.1. The van der Waals surface area contributed by atoms with Gasteiger partial charge in [0.05, 0.1) is 11.1 Å². The molecular formula is C56H62N4O4S3. The van der Waals surface area contributed by atoms with E-state index >= 15 is 0 Å². The number of benzene rings is 4. The first-order valence-electron chi connectivity index (χ1n) is 23.0. The lowest BCUT2D eigenvalue weighted by atomic mass is 9.62. The summed E-state index contributed by atoms with van der Waals surface area (Å²) in [5.74, 6) is 0.0460. The number of hydrogen-bond acceptors (Lipinski definition) is 9. The number of hydrogen-bond donors (Lipinski definition) is 2. The van der Waals surface area contributed by atoms with E-state index in [1.54, 1.807) is 77.0 Å². The van der Waals surface area contributed by atoms with Crippen LogP contribution in [0.1, 0.15) is 157 Å². The Morgan fingerprint density at radius 2 is 0.985 bits per heavy atom. The smallest absolute Gasteiger partial charge is 0.335 e. The van der Waals surface area contributed by atoms with E-state index in [4.69, 9.17) is 10.2 Å². The quantitative estimate of drug-likeness (QED) is 0.0619. The van der Waals surface area contributed by atoms with Crippen molar-refractivity contribution in [3.05, 3.63) is 164 Å². The van der Waals surface area contributed by atoms with E-state index in [0.717, 1.165) is 45.0 Å². The Hall–Kier alpha value is -5.36. The fourth-order valence-electron chi connectivity index (χ4n) is 9.03. The molecule has 0 amide bonds. The van der Waals surface area contributed by atoms with Crippen molar-refractivity contribution in [2.75, 3.05) is 11.5 Å². The minimum absolute atomic E-state index is 0.141. The largest absolute Gasteiger partial charge is 0.478 e. The molecule has 2 aliphatic rings. The van der Waals surface area contributed by atoms with Crippen LogP contribution in [0.3, 0.4) is 0 Å². The summed E-state index contributed by atoms with van der Waals surface area (Å²) >= 11 is 5.01. The van der Waals surface area contributed by atoms with Crippen LogP contribution in [0.5, 0.6) is 0 Å². The highest BCUT2D eigenvalue weighted by Crippen LogP contribution is 2.48. The molecule has 0 saturated carbocycles. The minimum atomic E-state index is -0.905. The van der Waals surface area contributed by atoms with Crippen LogP contribution in [-0.4, -0.2) is 53.8 Å². The summed E-state index contributed by atoms with van der Waals surface area (Å²) in [7, 11) is 0. The van der Waals surface area contributed by atoms with Crippen LogP contribution in [0.25, 0.3) is 24.3 Å². The summed E-state index contributed by atoms with van der Waals surface area (Å²) in [5.41, 5.74) is 15.9. The van der Waals surface area contributed by atoms with Crippen LogP contribution in [0.15, 0.2) is 106 Å². The molecule has 2 heterocycles. The van der Waals surface area contributed by atoms with E-state index in [1.165, 1.54) is 70.2 Å². The molecule has 0 aliphatic heterocycles. The van der Waals surface area contributed by atoms with Gasteiger partial charge in [-0.05, 0) is 146 Å². The molecule has 2 aliphatic carbocycles. The average molecular weight is 951 g/mol. The Kier molecular flexibility index (Phi) is 15.4. The van der Waals surface area contributed by atoms with Gasteiger partial charge in [-0.2, -0.15) is 0 Å². The van der Waals surface area contributed by atoms with Gasteiger partial charge >= 0.3 is 11.9 Å². The Morgan fingerprint density at radius 1 is 0.582 bits per heavy atom. The molecule has 348 valence electrons. The zero-order valence-electron chi connectivity index (χ0n) is 39.9. The highest BCUT2D eigenvalue weighted by Gasteiger charge is 2.39. The second-order valence-corrected chi connectivity index (χ2v) is 23.4. The maximum absolute atomic E-state index is 11.2. The Labute approximate surface area is 408 Å². The van der Waals surface area contributed by atoms with Crippen molar-refractivity contribution in [3.8, 4) is 0 Å². The number of nitrogens with zero attached hydrogens (tertiary/aromatic N) is 4. The van der Waals surface area contributed by atoms with E-state index in [0.29, 0.717) is 11.1 Å². The summed E-state index contributed by atoms with van der Waals surface area (Å²) in [4.78, 5) is 31.0. The van der Waals surface area contributed by atoms with Crippen LogP contribution < -0.4 is 0 Å². The molecule has 2 N–H and O–H groups in total. The fraction of sp³-hybridized carbons (Fsp3) is 0.357. The average Bonchev–Trinajstić information content (AvgIpc) is 3.83. The zero-order valence-corrected chi connectivity index (χ0v) is 42.4. The van der Waals surface area contributed by atoms with Gasteiger partial charge in [0.1, 0.15) is 5.51 Å². The third kappa shape index (κ3) is 12.4. The van der Waals surface area contributed by atoms with Crippen molar-refractivity contribution in [2.45, 2.75) is 125 Å². The molecule has 8 nitrogen and oxygen atoms in total. The summed E-state index contributed by atoms with van der Waals surface area (Å²) in [6.07, 6.45) is 18.7. The van der Waals surface area contributed by atoms with E-state index in [9.17, 15) is 9.59 Å². The lowest BCUT2D eigenvalue weighted by Gasteiger charge is -2.42. The number of rotatable bonds is 14. The van der Waals surface area contributed by atoms with Crippen LogP contribution in [-0.2, 0) is 34.5 Å². The number of aryl methyl sites for hydroxylation is 2. The number of carboxylic acids is 2. The molecule has 11 heteroatoms. The molecule has 0 bridgehead atoms. The highest BCUT2D eigenvalue weighted by atomic mass is 32.2. The Balaban J connectivity index is 0.000000199. The maximum atomic E-state index is 11.2. The van der Waals surface area contributed by atoms with Crippen molar-refractivity contribution < 1.29 is 19.8 Å². The van der Waals surface area contributed by atoms with E-state index < -0.39 is 11.9 Å². The van der Waals surface area contributed by atoms with Crippen molar-refractivity contribution >= 4 is 71.1 Å². The first kappa shape index (κ1) is 49.5. The molecule has 0 saturated heterocycles. The van der Waals surface area contributed by atoms with Crippen LogP contribution in [0, 0.1) is 0 Å². The Bertz CT molecular complexity index is 2740. The first-order valence-corrected chi connectivity index (χ1v) is 25.8.